The molecule has 0 fully saturated rings. The Morgan fingerprint density at radius 1 is 1.24 bits per heavy atom. The van der Waals surface area contributed by atoms with Crippen molar-refractivity contribution in [1.29, 1.82) is 0 Å². The number of ether oxygens (including phenoxy) is 2. The van der Waals surface area contributed by atoms with Crippen LogP contribution in [0, 0.1) is 5.92 Å². The topological polar surface area (TPSA) is 61.5 Å². The molecule has 2 N–H and O–H groups in total. The molecule has 21 heavy (non-hydrogen) atoms. The van der Waals surface area contributed by atoms with Crippen LogP contribution < -0.4 is 5.73 Å². The Balaban J connectivity index is 2.76. The Labute approximate surface area is 127 Å². The quantitative estimate of drug-likeness (QED) is 0.561. The summed E-state index contributed by atoms with van der Waals surface area (Å²) >= 11 is 0. The van der Waals surface area contributed by atoms with E-state index in [0.29, 0.717) is 25.6 Å². The van der Waals surface area contributed by atoms with Gasteiger partial charge in [-0.3, -0.25) is 4.79 Å². The van der Waals surface area contributed by atoms with Crippen molar-refractivity contribution in [3.63, 3.8) is 0 Å². The Bertz CT molecular complexity index is 419. The third-order valence-electron chi connectivity index (χ3n) is 3.76. The zero-order valence-corrected chi connectivity index (χ0v) is 13.3. The van der Waals surface area contributed by atoms with E-state index in [1.807, 2.05) is 30.3 Å². The van der Waals surface area contributed by atoms with Crippen molar-refractivity contribution in [3.8, 4) is 0 Å². The van der Waals surface area contributed by atoms with Gasteiger partial charge in [-0.2, -0.15) is 0 Å². The normalized spacial score (nSPS) is 14.0. The van der Waals surface area contributed by atoms with Crippen molar-refractivity contribution in [2.45, 2.75) is 32.1 Å². The van der Waals surface area contributed by atoms with Gasteiger partial charge in [0.05, 0.1) is 7.11 Å². The first-order valence-corrected chi connectivity index (χ1v) is 7.48. The molecule has 4 heteroatoms. The zero-order valence-electron chi connectivity index (χ0n) is 13.3. The minimum Gasteiger partial charge on any atom is -0.468 e. The molecule has 0 saturated heterocycles. The standard InChI is InChI=1S/C17H27NO3/c1-14(2)9-11-21-12-10-17(13-18,16(19)20-3)15-7-5-4-6-8-15/h4-8,14H,9-13,18H2,1-3H3. The van der Waals surface area contributed by atoms with Gasteiger partial charge in [-0.15, -0.1) is 0 Å². The molecule has 0 saturated carbocycles. The van der Waals surface area contributed by atoms with Crippen LogP contribution in [-0.4, -0.2) is 32.8 Å². The molecule has 0 aliphatic carbocycles. The summed E-state index contributed by atoms with van der Waals surface area (Å²) in [5.74, 6) is 0.308. The molecule has 0 spiro atoms. The molecule has 0 aliphatic heterocycles. The molecule has 1 rings (SSSR count). The molecule has 1 unspecified atom stereocenters. The number of benzene rings is 1. The number of methoxy groups -OCH3 is 1. The van der Waals surface area contributed by atoms with Crippen LogP contribution in [0.4, 0.5) is 0 Å². The fourth-order valence-electron chi connectivity index (χ4n) is 2.29. The van der Waals surface area contributed by atoms with Crippen molar-refractivity contribution in [1.82, 2.24) is 0 Å². The van der Waals surface area contributed by atoms with Gasteiger partial charge in [0.15, 0.2) is 0 Å². The molecule has 0 heterocycles. The van der Waals surface area contributed by atoms with Gasteiger partial charge in [0.1, 0.15) is 5.41 Å². The first-order valence-electron chi connectivity index (χ1n) is 7.48. The second kappa shape index (κ2) is 8.80. The predicted molar refractivity (Wildman–Crippen MR) is 84.1 cm³/mol. The number of hydrogen-bond acceptors (Lipinski definition) is 4. The first kappa shape index (κ1) is 17.7. The van der Waals surface area contributed by atoms with Gasteiger partial charge in [-0.05, 0) is 24.3 Å². The van der Waals surface area contributed by atoms with Crippen LogP contribution in [0.15, 0.2) is 30.3 Å². The molecule has 1 atom stereocenters. The summed E-state index contributed by atoms with van der Waals surface area (Å²) in [5.41, 5.74) is 5.98. The van der Waals surface area contributed by atoms with Gasteiger partial charge in [-0.1, -0.05) is 44.2 Å². The number of hydrogen-bond donors (Lipinski definition) is 1. The summed E-state index contributed by atoms with van der Waals surface area (Å²) in [6, 6.07) is 9.56. The maximum absolute atomic E-state index is 12.3. The molecule has 1 aromatic carbocycles. The lowest BCUT2D eigenvalue weighted by molar-refractivity contribution is -0.148. The zero-order chi connectivity index (χ0) is 15.7. The van der Waals surface area contributed by atoms with Crippen molar-refractivity contribution in [2.24, 2.45) is 11.7 Å². The number of nitrogens with two attached hydrogens (primary N) is 1. The van der Waals surface area contributed by atoms with Crippen LogP contribution in [-0.2, 0) is 19.7 Å². The van der Waals surface area contributed by atoms with Crippen molar-refractivity contribution >= 4 is 5.97 Å². The summed E-state index contributed by atoms with van der Waals surface area (Å²) in [5, 5.41) is 0. The monoisotopic (exact) mass is 293 g/mol. The highest BCUT2D eigenvalue weighted by atomic mass is 16.5. The Morgan fingerprint density at radius 2 is 1.90 bits per heavy atom. The molecule has 0 radical (unpaired) electrons. The summed E-state index contributed by atoms with van der Waals surface area (Å²) in [6.07, 6.45) is 1.54. The molecule has 0 bridgehead atoms. The molecule has 0 aromatic heterocycles. The highest BCUT2D eigenvalue weighted by molar-refractivity contribution is 5.83. The van der Waals surface area contributed by atoms with Gasteiger partial charge in [-0.25, -0.2) is 0 Å². The largest absolute Gasteiger partial charge is 0.468 e. The van der Waals surface area contributed by atoms with Crippen LogP contribution in [0.2, 0.25) is 0 Å². The highest BCUT2D eigenvalue weighted by Crippen LogP contribution is 2.28. The molecule has 118 valence electrons. The molecule has 4 nitrogen and oxygen atoms in total. The van der Waals surface area contributed by atoms with E-state index < -0.39 is 5.41 Å². The van der Waals surface area contributed by atoms with E-state index in [4.69, 9.17) is 15.2 Å². The third-order valence-corrected chi connectivity index (χ3v) is 3.76. The molecule has 0 aliphatic rings. The Kier molecular flexibility index (Phi) is 7.40. The summed E-state index contributed by atoms with van der Waals surface area (Å²) < 4.78 is 10.6. The van der Waals surface area contributed by atoms with Crippen LogP contribution >= 0.6 is 0 Å². The molecular weight excluding hydrogens is 266 g/mol. The first-order chi connectivity index (χ1) is 10.1. The SMILES string of the molecule is COC(=O)C(CN)(CCOCCC(C)C)c1ccccc1. The fraction of sp³-hybridized carbons (Fsp3) is 0.588. The van der Waals surface area contributed by atoms with Gasteiger partial charge in [0.2, 0.25) is 0 Å². The molecular formula is C17H27NO3. The second-order valence-electron chi connectivity index (χ2n) is 5.69. The van der Waals surface area contributed by atoms with E-state index in [2.05, 4.69) is 13.8 Å². The number of rotatable bonds is 9. The van der Waals surface area contributed by atoms with E-state index in [1.165, 1.54) is 7.11 Å². The smallest absolute Gasteiger partial charge is 0.317 e. The lowest BCUT2D eigenvalue weighted by Crippen LogP contribution is -2.44. The number of esters is 1. The fourth-order valence-corrected chi connectivity index (χ4v) is 2.29. The van der Waals surface area contributed by atoms with Crippen molar-refractivity contribution < 1.29 is 14.3 Å². The second-order valence-corrected chi connectivity index (χ2v) is 5.69. The molecule has 1 aromatic rings. The van der Waals surface area contributed by atoms with E-state index in [-0.39, 0.29) is 12.5 Å². The van der Waals surface area contributed by atoms with Crippen LogP contribution in [0.1, 0.15) is 32.3 Å². The predicted octanol–water partition coefficient (Wildman–Crippen LogP) is 2.51. The van der Waals surface area contributed by atoms with Crippen molar-refractivity contribution in [2.75, 3.05) is 26.9 Å². The Morgan fingerprint density at radius 3 is 2.43 bits per heavy atom. The summed E-state index contributed by atoms with van der Waals surface area (Å²) in [6.45, 7) is 5.72. The van der Waals surface area contributed by atoms with Crippen molar-refractivity contribution in [3.05, 3.63) is 35.9 Å². The van der Waals surface area contributed by atoms with Gasteiger partial charge < -0.3 is 15.2 Å². The van der Waals surface area contributed by atoms with Crippen LogP contribution in [0.25, 0.3) is 0 Å². The van der Waals surface area contributed by atoms with E-state index in [0.717, 1.165) is 12.0 Å². The van der Waals surface area contributed by atoms with E-state index in [1.54, 1.807) is 0 Å². The van der Waals surface area contributed by atoms with Crippen LogP contribution in [0.5, 0.6) is 0 Å². The molecule has 0 amide bonds. The Hall–Kier alpha value is -1.39. The maximum atomic E-state index is 12.3. The van der Waals surface area contributed by atoms with E-state index in [9.17, 15) is 4.79 Å². The van der Waals surface area contributed by atoms with Gasteiger partial charge >= 0.3 is 5.97 Å². The number of carbonyl (C=O) groups is 1. The average molecular weight is 293 g/mol. The minimum absolute atomic E-state index is 0.206. The minimum atomic E-state index is -0.826. The average Bonchev–Trinajstić information content (AvgIpc) is 2.51. The lowest BCUT2D eigenvalue weighted by Gasteiger charge is -2.30. The summed E-state index contributed by atoms with van der Waals surface area (Å²) in [7, 11) is 1.40. The summed E-state index contributed by atoms with van der Waals surface area (Å²) in [4.78, 5) is 12.3. The lowest BCUT2D eigenvalue weighted by atomic mass is 9.78. The van der Waals surface area contributed by atoms with Gasteiger partial charge in [0.25, 0.3) is 0 Å². The van der Waals surface area contributed by atoms with E-state index >= 15 is 0 Å². The highest BCUT2D eigenvalue weighted by Gasteiger charge is 2.39. The maximum Gasteiger partial charge on any atom is 0.317 e. The third kappa shape index (κ3) is 4.83. The van der Waals surface area contributed by atoms with Gasteiger partial charge in [0, 0.05) is 19.8 Å². The van der Waals surface area contributed by atoms with Crippen LogP contribution in [0.3, 0.4) is 0 Å². The number of carbonyl (C=O) groups excluding carboxylic acids is 1.